The van der Waals surface area contributed by atoms with Crippen molar-refractivity contribution in [1.29, 1.82) is 0 Å². The summed E-state index contributed by atoms with van der Waals surface area (Å²) >= 11 is 0. The Morgan fingerprint density at radius 2 is 2.07 bits per heavy atom. The molecule has 0 bridgehead atoms. The molecule has 0 spiro atoms. The van der Waals surface area contributed by atoms with Crippen molar-refractivity contribution in [2.75, 3.05) is 35.2 Å². The average molecular weight is 383 g/mol. The zero-order valence-corrected chi connectivity index (χ0v) is 16.1. The Morgan fingerprint density at radius 1 is 1.29 bits per heavy atom. The Bertz CT molecular complexity index is 861. The van der Waals surface area contributed by atoms with E-state index in [0.717, 1.165) is 48.7 Å². The summed E-state index contributed by atoms with van der Waals surface area (Å²) in [7, 11) is 0. The van der Waals surface area contributed by atoms with Crippen LogP contribution in [0.15, 0.2) is 30.5 Å². The van der Waals surface area contributed by atoms with Crippen LogP contribution in [0.25, 0.3) is 0 Å². The lowest BCUT2D eigenvalue weighted by Crippen LogP contribution is -2.45. The van der Waals surface area contributed by atoms with E-state index in [4.69, 9.17) is 4.74 Å². The van der Waals surface area contributed by atoms with Crippen molar-refractivity contribution in [3.63, 3.8) is 0 Å². The average Bonchev–Trinajstić information content (AvgIpc) is 3.14. The van der Waals surface area contributed by atoms with Crippen molar-refractivity contribution in [3.05, 3.63) is 51.7 Å². The Labute approximate surface area is 164 Å². The summed E-state index contributed by atoms with van der Waals surface area (Å²) in [5, 5.41) is 18.0. The maximum atomic E-state index is 11.4. The molecule has 2 N–H and O–H groups in total. The topological polar surface area (TPSA) is 92.6 Å². The fourth-order valence-electron chi connectivity index (χ4n) is 4.00. The smallest absolute Gasteiger partial charge is 0.292 e. The Balaban J connectivity index is 1.48. The first-order valence-corrected chi connectivity index (χ1v) is 9.64. The fraction of sp³-hybridized carbons (Fsp3) is 0.450. The molecule has 1 fully saturated rings. The molecule has 2 aliphatic heterocycles. The van der Waals surface area contributed by atoms with Gasteiger partial charge in [0.25, 0.3) is 5.69 Å². The fourth-order valence-corrected chi connectivity index (χ4v) is 4.00. The second-order valence-electron chi connectivity index (χ2n) is 7.46. The Hall–Kier alpha value is -2.87. The first-order valence-electron chi connectivity index (χ1n) is 9.64. The van der Waals surface area contributed by atoms with Crippen LogP contribution in [-0.2, 0) is 17.7 Å². The zero-order valence-electron chi connectivity index (χ0n) is 16.1. The predicted octanol–water partition coefficient (Wildman–Crippen LogP) is 3.18. The van der Waals surface area contributed by atoms with Gasteiger partial charge in [0.1, 0.15) is 11.5 Å². The molecule has 1 aromatic heterocycles. The molecule has 8 heteroatoms. The van der Waals surface area contributed by atoms with Crippen LogP contribution < -0.4 is 15.5 Å². The van der Waals surface area contributed by atoms with Crippen molar-refractivity contribution >= 4 is 22.9 Å². The number of benzene rings is 1. The maximum absolute atomic E-state index is 11.4. The van der Waals surface area contributed by atoms with Crippen molar-refractivity contribution in [2.24, 2.45) is 0 Å². The van der Waals surface area contributed by atoms with Crippen LogP contribution in [0.2, 0.25) is 0 Å². The van der Waals surface area contributed by atoms with Gasteiger partial charge in [-0.25, -0.2) is 4.98 Å². The molecule has 148 valence electrons. The summed E-state index contributed by atoms with van der Waals surface area (Å²) in [5.74, 6) is 0.932. The first kappa shape index (κ1) is 18.5. The van der Waals surface area contributed by atoms with Crippen molar-refractivity contribution < 1.29 is 9.66 Å². The lowest BCUT2D eigenvalue weighted by Gasteiger charge is -2.36. The molecular weight excluding hydrogens is 358 g/mol. The van der Waals surface area contributed by atoms with Crippen LogP contribution in [0.4, 0.5) is 22.9 Å². The van der Waals surface area contributed by atoms with Crippen LogP contribution in [0.5, 0.6) is 0 Å². The number of morpholine rings is 1. The van der Waals surface area contributed by atoms with Crippen LogP contribution >= 0.6 is 0 Å². The summed E-state index contributed by atoms with van der Waals surface area (Å²) in [6.45, 7) is 7.08. The summed E-state index contributed by atoms with van der Waals surface area (Å²) < 4.78 is 5.78. The number of ether oxygens (including phenoxy) is 1. The molecule has 2 aliphatic rings. The van der Waals surface area contributed by atoms with E-state index in [0.29, 0.717) is 12.2 Å². The van der Waals surface area contributed by atoms with E-state index in [9.17, 15) is 10.1 Å². The van der Waals surface area contributed by atoms with E-state index < -0.39 is 0 Å². The lowest BCUT2D eigenvalue weighted by atomic mass is 10.1. The van der Waals surface area contributed by atoms with Gasteiger partial charge >= 0.3 is 0 Å². The summed E-state index contributed by atoms with van der Waals surface area (Å²) in [6.07, 6.45) is 2.98. The highest BCUT2D eigenvalue weighted by atomic mass is 16.6. The van der Waals surface area contributed by atoms with Crippen molar-refractivity contribution in [2.45, 2.75) is 39.0 Å². The second kappa shape index (κ2) is 7.63. The minimum absolute atomic E-state index is 0.114. The molecule has 0 radical (unpaired) electrons. The number of nitrogens with zero attached hydrogens (tertiary/aromatic N) is 3. The van der Waals surface area contributed by atoms with Crippen LogP contribution in [0, 0.1) is 10.1 Å². The number of nitro benzene ring substituents is 1. The largest absolute Gasteiger partial charge is 0.384 e. The van der Waals surface area contributed by atoms with Gasteiger partial charge in [-0.15, -0.1) is 0 Å². The molecule has 2 atom stereocenters. The van der Waals surface area contributed by atoms with Gasteiger partial charge in [-0.2, -0.15) is 0 Å². The minimum Gasteiger partial charge on any atom is -0.384 e. The highest BCUT2D eigenvalue weighted by Gasteiger charge is 2.24. The van der Waals surface area contributed by atoms with Gasteiger partial charge in [0.15, 0.2) is 0 Å². The molecule has 2 aromatic rings. The van der Waals surface area contributed by atoms with Crippen LogP contribution in [-0.4, -0.2) is 41.7 Å². The summed E-state index contributed by atoms with van der Waals surface area (Å²) in [4.78, 5) is 17.9. The number of aromatic nitrogens is 1. The summed E-state index contributed by atoms with van der Waals surface area (Å²) in [5.41, 5.74) is 3.65. The van der Waals surface area contributed by atoms with E-state index in [1.54, 1.807) is 12.1 Å². The number of anilines is 3. The number of pyridine rings is 1. The van der Waals surface area contributed by atoms with Gasteiger partial charge in [0.2, 0.25) is 0 Å². The number of hydrogen-bond acceptors (Lipinski definition) is 7. The van der Waals surface area contributed by atoms with E-state index in [1.807, 2.05) is 18.3 Å². The van der Waals surface area contributed by atoms with Crippen molar-refractivity contribution in [1.82, 2.24) is 4.98 Å². The highest BCUT2D eigenvalue weighted by molar-refractivity contribution is 5.77. The monoisotopic (exact) mass is 383 g/mol. The normalized spacial score (nSPS) is 21.1. The molecule has 1 aromatic carbocycles. The molecule has 0 aliphatic carbocycles. The van der Waals surface area contributed by atoms with Gasteiger partial charge in [-0.3, -0.25) is 10.1 Å². The zero-order chi connectivity index (χ0) is 19.7. The highest BCUT2D eigenvalue weighted by Crippen LogP contribution is 2.37. The van der Waals surface area contributed by atoms with Gasteiger partial charge in [-0.1, -0.05) is 6.07 Å². The minimum atomic E-state index is -0.330. The third-order valence-corrected chi connectivity index (χ3v) is 5.20. The van der Waals surface area contributed by atoms with E-state index in [-0.39, 0.29) is 22.8 Å². The number of hydrogen-bond donors (Lipinski definition) is 2. The predicted molar refractivity (Wildman–Crippen MR) is 109 cm³/mol. The number of nitro groups is 1. The Kier molecular flexibility index (Phi) is 5.04. The number of fused-ring (bicyclic) bond motifs is 1. The first-order chi connectivity index (χ1) is 13.5. The molecule has 0 saturated carbocycles. The molecule has 28 heavy (non-hydrogen) atoms. The molecule has 4 rings (SSSR count). The standard InChI is InChI=1S/C20H25N5O3/c1-13-11-24(12-14(2)28-13)19-6-3-15(9-22-19)10-23-20-16-7-8-21-17(16)4-5-18(20)25(26)27/h3-6,9,13-14,21,23H,7-8,10-12H2,1-2H3. The quantitative estimate of drug-likeness (QED) is 0.605. The number of rotatable bonds is 5. The molecular formula is C20H25N5O3. The van der Waals surface area contributed by atoms with Crippen LogP contribution in [0.3, 0.4) is 0 Å². The molecule has 3 heterocycles. The third kappa shape index (κ3) is 3.73. The maximum Gasteiger partial charge on any atom is 0.292 e. The van der Waals surface area contributed by atoms with Gasteiger partial charge < -0.3 is 20.3 Å². The van der Waals surface area contributed by atoms with E-state index in [2.05, 4.69) is 34.4 Å². The molecule has 1 saturated heterocycles. The van der Waals surface area contributed by atoms with Gasteiger partial charge in [0.05, 0.1) is 17.1 Å². The van der Waals surface area contributed by atoms with Gasteiger partial charge in [0, 0.05) is 49.7 Å². The van der Waals surface area contributed by atoms with E-state index in [1.165, 1.54) is 0 Å². The number of nitrogens with one attached hydrogen (secondary N) is 2. The Morgan fingerprint density at radius 3 is 2.75 bits per heavy atom. The SMILES string of the molecule is CC1CN(c2ccc(CNc3c([N+](=O)[O-])ccc4c3CCN4)cn2)CC(C)O1. The summed E-state index contributed by atoms with van der Waals surface area (Å²) in [6, 6.07) is 7.37. The van der Waals surface area contributed by atoms with E-state index >= 15 is 0 Å². The molecule has 0 amide bonds. The molecule has 8 nitrogen and oxygen atoms in total. The lowest BCUT2D eigenvalue weighted by molar-refractivity contribution is -0.384. The van der Waals surface area contributed by atoms with Crippen LogP contribution in [0.1, 0.15) is 25.0 Å². The second-order valence-corrected chi connectivity index (χ2v) is 7.46. The van der Waals surface area contributed by atoms with Gasteiger partial charge in [-0.05, 0) is 38.0 Å². The third-order valence-electron chi connectivity index (χ3n) is 5.20. The molecule has 2 unspecified atom stereocenters. The van der Waals surface area contributed by atoms with Crippen molar-refractivity contribution in [3.8, 4) is 0 Å².